The summed E-state index contributed by atoms with van der Waals surface area (Å²) < 4.78 is 61.9. The standard InChI is InChI=1S/C20H18BrF2N2O5PS2.Na.H/c21-18-8-13(4-6-17(18)20(22,23)31(26,27)28)11-32-12-14-5-7-19(25-10-14)15-2-1-3-16(9-15)33(24,29)30;;/h1-10H,11-12H2,(H2,24,29,30)(H2,26,27,28);;/q;+1;-1. The van der Waals surface area contributed by atoms with Crippen LogP contribution < -0.4 is 34.7 Å². The molecule has 0 amide bonds. The molecule has 0 spiro atoms. The number of rotatable bonds is 8. The summed E-state index contributed by atoms with van der Waals surface area (Å²) in [5.74, 6) is 1.04. The number of nitrogens with zero attached hydrogens (tertiary/aromatic N) is 1. The van der Waals surface area contributed by atoms with Gasteiger partial charge in [0, 0.05) is 33.3 Å². The van der Waals surface area contributed by atoms with Gasteiger partial charge in [-0.15, -0.1) is 0 Å². The summed E-state index contributed by atoms with van der Waals surface area (Å²) in [5, 5.41) is 5.16. The van der Waals surface area contributed by atoms with Gasteiger partial charge in [-0.3, -0.25) is 9.55 Å². The van der Waals surface area contributed by atoms with Gasteiger partial charge in [-0.1, -0.05) is 46.3 Å². The minimum Gasteiger partial charge on any atom is -1.00 e. The average Bonchev–Trinajstić information content (AvgIpc) is 2.73. The van der Waals surface area contributed by atoms with Crippen molar-refractivity contribution in [1.82, 2.24) is 4.98 Å². The maximum Gasteiger partial charge on any atom is 1.00 e. The van der Waals surface area contributed by atoms with E-state index in [1.54, 1.807) is 24.4 Å². The molecule has 0 aliphatic carbocycles. The minimum absolute atomic E-state index is 0. The van der Waals surface area contributed by atoms with Gasteiger partial charge in [-0.25, -0.2) is 13.6 Å². The first kappa shape index (κ1) is 29.6. The molecule has 2 aromatic carbocycles. The summed E-state index contributed by atoms with van der Waals surface area (Å²) in [4.78, 5) is 22.2. The van der Waals surface area contributed by atoms with Crippen molar-refractivity contribution in [2.75, 3.05) is 0 Å². The van der Waals surface area contributed by atoms with Crippen LogP contribution in [0.1, 0.15) is 18.1 Å². The van der Waals surface area contributed by atoms with E-state index in [9.17, 15) is 21.8 Å². The molecule has 4 N–H and O–H groups in total. The second-order valence-corrected chi connectivity index (χ2v) is 12.1. The third-order valence-corrected chi connectivity index (χ3v) is 8.16. The molecule has 0 bridgehead atoms. The Labute approximate surface area is 231 Å². The SMILES string of the molecule is NS(=O)(=O)c1cccc(-c2ccc(CSCc3ccc(C(F)(F)P(=O)(O)O)c(Br)c3)cn2)c1.[H-].[Na+]. The van der Waals surface area contributed by atoms with Crippen LogP contribution in [0.2, 0.25) is 0 Å². The Morgan fingerprint density at radius 2 is 1.74 bits per heavy atom. The monoisotopic (exact) mass is 602 g/mol. The molecule has 0 aliphatic rings. The largest absolute Gasteiger partial charge is 1.00 e. The molecular formula is C20H19BrF2N2NaO5PS2. The van der Waals surface area contributed by atoms with Crippen LogP contribution in [0.5, 0.6) is 0 Å². The molecular weight excluding hydrogens is 584 g/mol. The summed E-state index contributed by atoms with van der Waals surface area (Å²) >= 11 is 4.47. The number of hydrogen-bond donors (Lipinski definition) is 3. The van der Waals surface area contributed by atoms with Crippen molar-refractivity contribution in [1.29, 1.82) is 0 Å². The molecule has 0 saturated heterocycles. The molecule has 0 radical (unpaired) electrons. The second-order valence-electron chi connectivity index (χ2n) is 7.02. The van der Waals surface area contributed by atoms with Gasteiger partial charge in [0.05, 0.1) is 10.6 Å². The number of halogens is 3. The second kappa shape index (κ2) is 11.6. The molecule has 0 unspecified atom stereocenters. The predicted molar refractivity (Wildman–Crippen MR) is 127 cm³/mol. The van der Waals surface area contributed by atoms with Crippen molar-refractivity contribution < 1.29 is 62.5 Å². The Balaban J connectivity index is 0.00000306. The van der Waals surface area contributed by atoms with E-state index < -0.39 is 28.8 Å². The molecule has 0 saturated carbocycles. The van der Waals surface area contributed by atoms with Crippen molar-refractivity contribution >= 4 is 45.3 Å². The van der Waals surface area contributed by atoms with Gasteiger partial charge in [0.15, 0.2) is 0 Å². The predicted octanol–water partition coefficient (Wildman–Crippen LogP) is 1.94. The first-order chi connectivity index (χ1) is 15.3. The summed E-state index contributed by atoms with van der Waals surface area (Å²) in [6.45, 7) is 0. The zero-order chi connectivity index (χ0) is 24.4. The normalized spacial score (nSPS) is 12.3. The number of alkyl halides is 2. The third kappa shape index (κ3) is 7.19. The maximum absolute atomic E-state index is 13.9. The van der Waals surface area contributed by atoms with Gasteiger partial charge in [-0.05, 0) is 35.4 Å². The number of thioether (sulfide) groups is 1. The van der Waals surface area contributed by atoms with Crippen LogP contribution in [-0.4, -0.2) is 23.2 Å². The van der Waals surface area contributed by atoms with E-state index in [4.69, 9.17) is 14.9 Å². The summed E-state index contributed by atoms with van der Waals surface area (Å²) in [6, 6.07) is 13.6. The van der Waals surface area contributed by atoms with Crippen LogP contribution in [0.25, 0.3) is 11.3 Å². The van der Waals surface area contributed by atoms with Crippen LogP contribution >= 0.6 is 35.3 Å². The van der Waals surface area contributed by atoms with E-state index in [1.807, 2.05) is 6.07 Å². The summed E-state index contributed by atoms with van der Waals surface area (Å²) in [6.07, 6.45) is 1.66. The van der Waals surface area contributed by atoms with Gasteiger partial charge < -0.3 is 11.2 Å². The van der Waals surface area contributed by atoms with Crippen LogP contribution in [0.3, 0.4) is 0 Å². The maximum atomic E-state index is 13.9. The van der Waals surface area contributed by atoms with Gasteiger partial charge in [-0.2, -0.15) is 20.5 Å². The summed E-state index contributed by atoms with van der Waals surface area (Å²) in [5.41, 5.74) is -2.26. The fourth-order valence-electron chi connectivity index (χ4n) is 2.85. The Hall–Kier alpha value is -0.660. The van der Waals surface area contributed by atoms with Crippen molar-refractivity contribution in [3.63, 3.8) is 0 Å². The van der Waals surface area contributed by atoms with E-state index in [2.05, 4.69) is 20.9 Å². The van der Waals surface area contributed by atoms with E-state index >= 15 is 0 Å². The quantitative estimate of drug-likeness (QED) is 0.265. The molecule has 14 heteroatoms. The molecule has 178 valence electrons. The van der Waals surface area contributed by atoms with Crippen LogP contribution in [0.4, 0.5) is 8.78 Å². The van der Waals surface area contributed by atoms with E-state index in [-0.39, 0.29) is 40.4 Å². The fraction of sp³-hybridized carbons (Fsp3) is 0.150. The van der Waals surface area contributed by atoms with Crippen molar-refractivity contribution in [3.8, 4) is 11.3 Å². The molecule has 0 atom stereocenters. The van der Waals surface area contributed by atoms with E-state index in [0.717, 1.165) is 11.6 Å². The van der Waals surface area contributed by atoms with E-state index in [0.29, 0.717) is 28.3 Å². The molecule has 34 heavy (non-hydrogen) atoms. The number of sulfonamides is 1. The number of pyridine rings is 1. The Kier molecular flexibility index (Phi) is 10.1. The zero-order valence-electron chi connectivity index (χ0n) is 18.7. The van der Waals surface area contributed by atoms with Gasteiger partial charge in [0.25, 0.3) is 0 Å². The number of benzene rings is 2. The number of hydrogen-bond acceptors (Lipinski definition) is 5. The van der Waals surface area contributed by atoms with Gasteiger partial charge in [0.2, 0.25) is 10.0 Å². The molecule has 0 aliphatic heterocycles. The molecule has 3 aromatic rings. The Bertz CT molecular complexity index is 1330. The molecule has 7 nitrogen and oxygen atoms in total. The van der Waals surface area contributed by atoms with E-state index in [1.165, 1.54) is 36.0 Å². The number of nitrogens with two attached hydrogens (primary N) is 1. The first-order valence-corrected chi connectivity index (χ1v) is 14.3. The minimum atomic E-state index is -5.64. The van der Waals surface area contributed by atoms with Crippen LogP contribution in [-0.2, 0) is 31.8 Å². The van der Waals surface area contributed by atoms with Crippen LogP contribution in [0, 0.1) is 0 Å². The summed E-state index contributed by atoms with van der Waals surface area (Å²) in [7, 11) is -9.46. The zero-order valence-corrected chi connectivity index (χ0v) is 23.8. The van der Waals surface area contributed by atoms with Gasteiger partial charge >= 0.3 is 42.8 Å². The fourth-order valence-corrected chi connectivity index (χ4v) is 5.67. The van der Waals surface area contributed by atoms with Crippen molar-refractivity contribution in [3.05, 3.63) is 82.0 Å². The number of primary sulfonamides is 1. The third-order valence-electron chi connectivity index (χ3n) is 4.54. The molecule has 0 fully saturated rings. The van der Waals surface area contributed by atoms with Crippen molar-refractivity contribution in [2.24, 2.45) is 5.14 Å². The number of aromatic nitrogens is 1. The topological polar surface area (TPSA) is 131 Å². The molecule has 1 aromatic heterocycles. The Morgan fingerprint density at radius 1 is 1.09 bits per heavy atom. The molecule has 1 heterocycles. The van der Waals surface area contributed by atoms with Crippen LogP contribution in [0.15, 0.2) is 70.2 Å². The van der Waals surface area contributed by atoms with Gasteiger partial charge in [0.1, 0.15) is 0 Å². The molecule has 3 rings (SSSR count). The Morgan fingerprint density at radius 3 is 2.29 bits per heavy atom. The smallest absolute Gasteiger partial charge is 1.00 e. The van der Waals surface area contributed by atoms with Crippen molar-refractivity contribution in [2.45, 2.75) is 22.1 Å². The first-order valence-electron chi connectivity index (χ1n) is 9.17. The average molecular weight is 603 g/mol.